The molecule has 3 aromatic rings. The van der Waals surface area contributed by atoms with Crippen molar-refractivity contribution in [2.75, 3.05) is 11.9 Å². The van der Waals surface area contributed by atoms with E-state index in [4.69, 9.17) is 9.47 Å². The molecular formula is C29H39N3O3S. The second kappa shape index (κ2) is 15.2. The molecule has 0 aliphatic carbocycles. The monoisotopic (exact) mass is 509 g/mol. The van der Waals surface area contributed by atoms with Crippen LogP contribution in [0.25, 0.3) is 10.6 Å². The van der Waals surface area contributed by atoms with Crippen LogP contribution in [0.15, 0.2) is 48.5 Å². The van der Waals surface area contributed by atoms with Gasteiger partial charge in [0.05, 0.1) is 12.7 Å². The molecule has 0 fully saturated rings. The molecule has 0 spiro atoms. The topological polar surface area (TPSA) is 73.3 Å². The summed E-state index contributed by atoms with van der Waals surface area (Å²) in [5.74, 6) is 1.41. The van der Waals surface area contributed by atoms with Crippen molar-refractivity contribution in [3.05, 3.63) is 54.1 Å². The Morgan fingerprint density at radius 3 is 2.22 bits per heavy atom. The smallest absolute Gasteiger partial charge is 0.257 e. The number of benzene rings is 2. The number of hydrogen-bond donors (Lipinski definition) is 1. The number of ether oxygens (including phenoxy) is 2. The van der Waals surface area contributed by atoms with E-state index in [9.17, 15) is 4.79 Å². The van der Waals surface area contributed by atoms with Gasteiger partial charge < -0.3 is 9.47 Å². The molecule has 7 heteroatoms. The fourth-order valence-electron chi connectivity index (χ4n) is 3.81. The van der Waals surface area contributed by atoms with E-state index in [1.165, 1.54) is 56.3 Å². The first-order valence-corrected chi connectivity index (χ1v) is 14.1. The van der Waals surface area contributed by atoms with Gasteiger partial charge in [0, 0.05) is 11.1 Å². The van der Waals surface area contributed by atoms with Gasteiger partial charge in [-0.2, -0.15) is 0 Å². The van der Waals surface area contributed by atoms with Crippen LogP contribution >= 0.6 is 11.3 Å². The van der Waals surface area contributed by atoms with Crippen LogP contribution in [-0.2, 0) is 0 Å². The van der Waals surface area contributed by atoms with Crippen molar-refractivity contribution in [1.29, 1.82) is 0 Å². The molecule has 1 heterocycles. The molecule has 0 radical (unpaired) electrons. The summed E-state index contributed by atoms with van der Waals surface area (Å²) in [6.07, 6.45) is 10.9. The molecule has 6 nitrogen and oxygen atoms in total. The lowest BCUT2D eigenvalue weighted by atomic mass is 10.1. The van der Waals surface area contributed by atoms with E-state index in [0.717, 1.165) is 41.5 Å². The normalized spacial score (nSPS) is 11.8. The number of amides is 1. The van der Waals surface area contributed by atoms with Crippen LogP contribution in [0, 0.1) is 0 Å². The van der Waals surface area contributed by atoms with E-state index >= 15 is 0 Å². The fraction of sp³-hybridized carbons (Fsp3) is 0.483. The highest BCUT2D eigenvalue weighted by Crippen LogP contribution is 2.28. The van der Waals surface area contributed by atoms with Crippen molar-refractivity contribution in [3.8, 4) is 22.1 Å². The van der Waals surface area contributed by atoms with Gasteiger partial charge >= 0.3 is 0 Å². The van der Waals surface area contributed by atoms with Crippen molar-refractivity contribution in [1.82, 2.24) is 10.2 Å². The van der Waals surface area contributed by atoms with Crippen LogP contribution in [0.1, 0.15) is 88.9 Å². The van der Waals surface area contributed by atoms with E-state index in [1.807, 2.05) is 36.4 Å². The molecule has 36 heavy (non-hydrogen) atoms. The highest BCUT2D eigenvalue weighted by atomic mass is 32.1. The van der Waals surface area contributed by atoms with E-state index < -0.39 is 0 Å². The molecule has 1 amide bonds. The Morgan fingerprint density at radius 1 is 0.861 bits per heavy atom. The van der Waals surface area contributed by atoms with Crippen LogP contribution < -0.4 is 14.8 Å². The van der Waals surface area contributed by atoms with Gasteiger partial charge in [0.25, 0.3) is 5.91 Å². The standard InChI is InChI=1S/C29H39N3O3S/c1-4-6-8-10-12-22(3)35-26-19-13-23(14-20-26)27(33)30-29-32-31-28(36-29)24-15-17-25(18-16-24)34-21-11-9-7-5-2/h13-20,22H,4-12,21H2,1-3H3,(H,30,32,33)/t22-/m0/s1. The molecule has 194 valence electrons. The van der Waals surface area contributed by atoms with Gasteiger partial charge in [-0.25, -0.2) is 0 Å². The van der Waals surface area contributed by atoms with Gasteiger partial charge in [0.1, 0.15) is 16.5 Å². The second-order valence-electron chi connectivity index (χ2n) is 9.10. The van der Waals surface area contributed by atoms with E-state index in [0.29, 0.717) is 10.7 Å². The maximum atomic E-state index is 12.7. The quantitative estimate of drug-likeness (QED) is 0.197. The van der Waals surface area contributed by atoms with Crippen LogP contribution in [0.4, 0.5) is 5.13 Å². The summed E-state index contributed by atoms with van der Waals surface area (Å²) in [5, 5.41) is 12.4. The number of unbranched alkanes of at least 4 members (excludes halogenated alkanes) is 6. The third-order valence-electron chi connectivity index (χ3n) is 5.93. The van der Waals surface area contributed by atoms with E-state index in [-0.39, 0.29) is 12.0 Å². The third-order valence-corrected chi connectivity index (χ3v) is 6.82. The number of aromatic nitrogens is 2. The summed E-state index contributed by atoms with van der Waals surface area (Å²) in [6.45, 7) is 7.25. The van der Waals surface area contributed by atoms with Gasteiger partial charge in [-0.1, -0.05) is 63.7 Å². The minimum atomic E-state index is -0.219. The summed E-state index contributed by atoms with van der Waals surface area (Å²) in [7, 11) is 0. The van der Waals surface area contributed by atoms with Crippen LogP contribution in [0.2, 0.25) is 0 Å². The first kappa shape index (κ1) is 27.7. The first-order chi connectivity index (χ1) is 17.6. The zero-order chi connectivity index (χ0) is 25.6. The number of hydrogen-bond acceptors (Lipinski definition) is 6. The molecule has 0 aliphatic rings. The Hall–Kier alpha value is -2.93. The predicted molar refractivity (Wildman–Crippen MR) is 148 cm³/mol. The Labute approximate surface area is 219 Å². The molecule has 0 saturated heterocycles. The van der Waals surface area contributed by atoms with Crippen molar-refractivity contribution in [2.24, 2.45) is 0 Å². The maximum absolute atomic E-state index is 12.7. The first-order valence-electron chi connectivity index (χ1n) is 13.2. The highest BCUT2D eigenvalue weighted by molar-refractivity contribution is 7.18. The van der Waals surface area contributed by atoms with Crippen LogP contribution in [-0.4, -0.2) is 28.8 Å². The van der Waals surface area contributed by atoms with Crippen molar-refractivity contribution >= 4 is 22.4 Å². The largest absolute Gasteiger partial charge is 0.494 e. The molecule has 3 rings (SSSR count). The molecule has 1 atom stereocenters. The minimum Gasteiger partial charge on any atom is -0.494 e. The summed E-state index contributed by atoms with van der Waals surface area (Å²) in [4.78, 5) is 12.7. The second-order valence-corrected chi connectivity index (χ2v) is 10.1. The van der Waals surface area contributed by atoms with Crippen molar-refractivity contribution < 1.29 is 14.3 Å². The molecular weight excluding hydrogens is 470 g/mol. The number of nitrogens with one attached hydrogen (secondary N) is 1. The molecule has 2 aromatic carbocycles. The van der Waals surface area contributed by atoms with E-state index in [2.05, 4.69) is 36.3 Å². The lowest BCUT2D eigenvalue weighted by Gasteiger charge is -2.14. The number of anilines is 1. The average Bonchev–Trinajstić information content (AvgIpc) is 3.36. The summed E-state index contributed by atoms with van der Waals surface area (Å²) in [5.41, 5.74) is 1.49. The Bertz CT molecular complexity index is 1030. The molecule has 0 unspecified atom stereocenters. The van der Waals surface area contributed by atoms with Crippen LogP contribution in [0.3, 0.4) is 0 Å². The molecule has 0 saturated carbocycles. The zero-order valence-electron chi connectivity index (χ0n) is 21.8. The Balaban J connectivity index is 1.47. The summed E-state index contributed by atoms with van der Waals surface area (Å²) in [6, 6.07) is 15.1. The minimum absolute atomic E-state index is 0.160. The third kappa shape index (κ3) is 9.26. The Morgan fingerprint density at radius 2 is 1.53 bits per heavy atom. The van der Waals surface area contributed by atoms with Crippen molar-refractivity contribution in [2.45, 2.75) is 84.7 Å². The molecule has 0 aliphatic heterocycles. The van der Waals surface area contributed by atoms with Gasteiger partial charge in [-0.15, -0.1) is 10.2 Å². The number of carbonyl (C=O) groups is 1. The molecule has 1 aromatic heterocycles. The maximum Gasteiger partial charge on any atom is 0.257 e. The Kier molecular flexibility index (Phi) is 11.7. The van der Waals surface area contributed by atoms with E-state index in [1.54, 1.807) is 12.1 Å². The average molecular weight is 510 g/mol. The number of carbonyl (C=O) groups excluding carboxylic acids is 1. The number of nitrogens with zero attached hydrogens (tertiary/aromatic N) is 2. The zero-order valence-corrected chi connectivity index (χ0v) is 22.6. The number of rotatable bonds is 16. The van der Waals surface area contributed by atoms with Gasteiger partial charge in [-0.05, 0) is 74.7 Å². The summed E-state index contributed by atoms with van der Waals surface area (Å²) >= 11 is 1.34. The van der Waals surface area contributed by atoms with Crippen molar-refractivity contribution in [3.63, 3.8) is 0 Å². The molecule has 1 N–H and O–H groups in total. The van der Waals surface area contributed by atoms with Gasteiger partial charge in [0.15, 0.2) is 0 Å². The lowest BCUT2D eigenvalue weighted by molar-refractivity contribution is 0.102. The van der Waals surface area contributed by atoms with Gasteiger partial charge in [0.2, 0.25) is 5.13 Å². The predicted octanol–water partition coefficient (Wildman–Crippen LogP) is 8.15. The molecule has 0 bridgehead atoms. The SMILES string of the molecule is CCCCCCOc1ccc(-c2nnc(NC(=O)c3ccc(O[C@@H](C)CCCCCC)cc3)s2)cc1. The lowest BCUT2D eigenvalue weighted by Crippen LogP contribution is -2.13. The summed E-state index contributed by atoms with van der Waals surface area (Å²) < 4.78 is 11.8. The fourth-order valence-corrected chi connectivity index (χ4v) is 4.55. The van der Waals surface area contributed by atoms with Crippen LogP contribution in [0.5, 0.6) is 11.5 Å². The highest BCUT2D eigenvalue weighted by Gasteiger charge is 2.12. The van der Waals surface area contributed by atoms with Gasteiger partial charge in [-0.3, -0.25) is 10.1 Å².